The second-order valence-corrected chi connectivity index (χ2v) is 6.69. The number of nitro groups is 1. The normalized spacial score (nSPS) is 14.0. The van der Waals surface area contributed by atoms with E-state index in [9.17, 15) is 24.5 Å². The monoisotopic (exact) mass is 425 g/mol. The van der Waals surface area contributed by atoms with E-state index >= 15 is 0 Å². The van der Waals surface area contributed by atoms with E-state index in [1.807, 2.05) is 0 Å². The third-order valence-electron chi connectivity index (χ3n) is 4.66. The molecular weight excluding hydrogens is 406 g/mol. The maximum atomic E-state index is 12.3. The predicted molar refractivity (Wildman–Crippen MR) is 109 cm³/mol. The average molecular weight is 425 g/mol. The lowest BCUT2D eigenvalue weighted by Gasteiger charge is -2.28. The predicted octanol–water partition coefficient (Wildman–Crippen LogP) is 2.62. The minimum absolute atomic E-state index is 0.0368. The Balaban J connectivity index is 1.83. The molecule has 3 rings (SSSR count). The molecule has 0 radical (unpaired) electrons. The summed E-state index contributed by atoms with van der Waals surface area (Å²) in [5.74, 6) is -0.675. The van der Waals surface area contributed by atoms with Crippen molar-refractivity contribution in [1.29, 1.82) is 0 Å². The van der Waals surface area contributed by atoms with Crippen LogP contribution in [0.5, 0.6) is 11.5 Å². The number of non-ortho nitro benzene ring substituents is 1. The zero-order valence-electron chi connectivity index (χ0n) is 17.0. The third-order valence-corrected chi connectivity index (χ3v) is 4.66. The molecule has 1 saturated heterocycles. The number of imide groups is 2. The molecule has 1 aliphatic heterocycles. The van der Waals surface area contributed by atoms with Crippen LogP contribution >= 0.6 is 0 Å². The minimum atomic E-state index is -0.699. The van der Waals surface area contributed by atoms with Gasteiger partial charge >= 0.3 is 6.03 Å². The average Bonchev–Trinajstić information content (AvgIpc) is 2.78. The van der Waals surface area contributed by atoms with Crippen molar-refractivity contribution in [2.75, 3.05) is 21.2 Å². The Bertz CT molecular complexity index is 1080. The Morgan fingerprint density at radius 3 is 2.29 bits per heavy atom. The summed E-state index contributed by atoms with van der Waals surface area (Å²) >= 11 is 0. The molecule has 2 aromatic carbocycles. The number of hydrogen-bond acceptors (Lipinski definition) is 7. The number of likely N-dealkylation sites (N-methyl/N-ethyl adjacent to an activating group) is 2. The maximum absolute atomic E-state index is 12.3. The van der Waals surface area contributed by atoms with E-state index in [1.54, 1.807) is 30.3 Å². The summed E-state index contributed by atoms with van der Waals surface area (Å²) in [5, 5.41) is 10.9. The number of carbonyl (C=O) groups is 3. The smallest absolute Gasteiger partial charge is 0.333 e. The van der Waals surface area contributed by atoms with E-state index in [1.165, 1.54) is 39.4 Å². The van der Waals surface area contributed by atoms with Gasteiger partial charge in [-0.2, -0.15) is 0 Å². The quantitative estimate of drug-likeness (QED) is 0.302. The Morgan fingerprint density at radius 2 is 1.68 bits per heavy atom. The lowest BCUT2D eigenvalue weighted by molar-refractivity contribution is -0.384. The van der Waals surface area contributed by atoms with Gasteiger partial charge in [-0.1, -0.05) is 18.2 Å². The van der Waals surface area contributed by atoms with Crippen molar-refractivity contribution < 1.29 is 28.8 Å². The first kappa shape index (κ1) is 21.5. The summed E-state index contributed by atoms with van der Waals surface area (Å²) in [4.78, 5) is 48.7. The van der Waals surface area contributed by atoms with Gasteiger partial charge in [-0.25, -0.2) is 4.79 Å². The van der Waals surface area contributed by atoms with Crippen LogP contribution in [-0.4, -0.2) is 53.8 Å². The highest BCUT2D eigenvalue weighted by molar-refractivity contribution is 6.30. The van der Waals surface area contributed by atoms with Crippen molar-refractivity contribution >= 4 is 29.6 Å². The summed E-state index contributed by atoms with van der Waals surface area (Å²) in [6.07, 6.45) is 1.37. The lowest BCUT2D eigenvalue weighted by atomic mass is 10.1. The molecule has 10 nitrogen and oxygen atoms in total. The van der Waals surface area contributed by atoms with Crippen LogP contribution in [0.25, 0.3) is 6.08 Å². The fourth-order valence-electron chi connectivity index (χ4n) is 2.96. The molecule has 1 aliphatic rings. The molecule has 0 spiro atoms. The van der Waals surface area contributed by atoms with Gasteiger partial charge in [-0.15, -0.1) is 0 Å². The molecule has 0 bridgehead atoms. The number of hydrogen-bond donors (Lipinski definition) is 0. The molecule has 10 heteroatoms. The van der Waals surface area contributed by atoms with E-state index in [2.05, 4.69) is 0 Å². The number of nitro benzene ring substituents is 1. The zero-order valence-corrected chi connectivity index (χ0v) is 17.0. The largest absolute Gasteiger partial charge is 0.493 e. The molecule has 0 unspecified atom stereocenters. The van der Waals surface area contributed by atoms with Crippen LogP contribution in [0.1, 0.15) is 11.1 Å². The first-order chi connectivity index (χ1) is 14.7. The second kappa shape index (κ2) is 8.66. The molecule has 2 aromatic rings. The van der Waals surface area contributed by atoms with Crippen LogP contribution in [0, 0.1) is 10.1 Å². The molecule has 0 atom stereocenters. The van der Waals surface area contributed by atoms with Crippen molar-refractivity contribution in [3.63, 3.8) is 0 Å². The number of benzene rings is 2. The Morgan fingerprint density at radius 1 is 1.00 bits per heavy atom. The van der Waals surface area contributed by atoms with Crippen LogP contribution in [0.15, 0.2) is 48.0 Å². The molecule has 1 heterocycles. The summed E-state index contributed by atoms with van der Waals surface area (Å²) in [5.41, 5.74) is 0.908. The van der Waals surface area contributed by atoms with Crippen molar-refractivity contribution in [2.45, 2.75) is 6.61 Å². The number of urea groups is 1. The summed E-state index contributed by atoms with van der Waals surface area (Å²) < 4.78 is 11.1. The number of barbiturate groups is 1. The molecule has 0 aliphatic carbocycles. The highest BCUT2D eigenvalue weighted by atomic mass is 16.6. The van der Waals surface area contributed by atoms with Gasteiger partial charge in [-0.3, -0.25) is 29.5 Å². The fraction of sp³-hybridized carbons (Fsp3) is 0.190. The Kier molecular flexibility index (Phi) is 6.00. The van der Waals surface area contributed by atoms with Crippen molar-refractivity contribution in [3.05, 3.63) is 69.3 Å². The van der Waals surface area contributed by atoms with Crippen LogP contribution < -0.4 is 9.47 Å². The second-order valence-electron chi connectivity index (χ2n) is 6.69. The number of ether oxygens (including phenoxy) is 2. The number of rotatable bonds is 6. The molecule has 0 aromatic heterocycles. The molecule has 0 N–H and O–H groups in total. The number of methoxy groups -OCH3 is 1. The van der Waals surface area contributed by atoms with Gasteiger partial charge in [0.2, 0.25) is 0 Å². The summed E-state index contributed by atoms with van der Waals surface area (Å²) in [6.45, 7) is 0.0765. The van der Waals surface area contributed by atoms with Crippen LogP contribution in [-0.2, 0) is 16.2 Å². The van der Waals surface area contributed by atoms with Crippen LogP contribution in [0.2, 0.25) is 0 Å². The standard InChI is InChI=1S/C21H19N3O7/c1-22-19(25)16(20(26)23(2)21(22)27)10-13-7-8-17(18(11-13)30-3)31-12-14-5-4-6-15(9-14)24(28)29/h4-11H,12H2,1-3H3. The van der Waals surface area contributed by atoms with E-state index in [4.69, 9.17) is 9.47 Å². The van der Waals surface area contributed by atoms with Gasteiger partial charge in [0, 0.05) is 26.2 Å². The number of nitrogens with zero attached hydrogens (tertiary/aromatic N) is 3. The Hall–Kier alpha value is -4.21. The van der Waals surface area contributed by atoms with Crippen LogP contribution in [0.3, 0.4) is 0 Å². The lowest BCUT2D eigenvalue weighted by Crippen LogP contribution is -2.52. The van der Waals surface area contributed by atoms with Gasteiger partial charge in [0.25, 0.3) is 17.5 Å². The SMILES string of the molecule is COc1cc(C=C2C(=O)N(C)C(=O)N(C)C2=O)ccc1OCc1cccc([N+](=O)[O-])c1. The fourth-order valence-corrected chi connectivity index (χ4v) is 2.96. The van der Waals surface area contributed by atoms with Gasteiger partial charge in [0.05, 0.1) is 12.0 Å². The highest BCUT2D eigenvalue weighted by Crippen LogP contribution is 2.30. The van der Waals surface area contributed by atoms with Gasteiger partial charge in [-0.05, 0) is 29.3 Å². The first-order valence-corrected chi connectivity index (χ1v) is 9.09. The molecule has 31 heavy (non-hydrogen) atoms. The summed E-state index contributed by atoms with van der Waals surface area (Å²) in [6, 6.07) is 10.2. The van der Waals surface area contributed by atoms with Crippen molar-refractivity contribution in [2.24, 2.45) is 0 Å². The number of amides is 4. The summed E-state index contributed by atoms with van der Waals surface area (Å²) in [7, 11) is 4.03. The molecular formula is C21H19N3O7. The van der Waals surface area contributed by atoms with Gasteiger partial charge < -0.3 is 9.47 Å². The zero-order chi connectivity index (χ0) is 22.7. The molecule has 1 fully saturated rings. The minimum Gasteiger partial charge on any atom is -0.493 e. The van der Waals surface area contributed by atoms with Gasteiger partial charge in [0.1, 0.15) is 12.2 Å². The first-order valence-electron chi connectivity index (χ1n) is 9.09. The van der Waals surface area contributed by atoms with E-state index < -0.39 is 22.8 Å². The van der Waals surface area contributed by atoms with E-state index in [-0.39, 0.29) is 17.9 Å². The number of carbonyl (C=O) groups excluding carboxylic acids is 3. The Labute approximate surface area is 177 Å². The highest BCUT2D eigenvalue weighted by Gasteiger charge is 2.37. The third kappa shape index (κ3) is 4.37. The van der Waals surface area contributed by atoms with E-state index in [0.29, 0.717) is 22.6 Å². The van der Waals surface area contributed by atoms with Crippen molar-refractivity contribution in [1.82, 2.24) is 9.80 Å². The van der Waals surface area contributed by atoms with Gasteiger partial charge in [0.15, 0.2) is 11.5 Å². The van der Waals surface area contributed by atoms with E-state index in [0.717, 1.165) is 9.80 Å². The van der Waals surface area contributed by atoms with Crippen LogP contribution in [0.4, 0.5) is 10.5 Å². The maximum Gasteiger partial charge on any atom is 0.333 e. The topological polar surface area (TPSA) is 119 Å². The van der Waals surface area contributed by atoms with Crippen molar-refractivity contribution in [3.8, 4) is 11.5 Å². The molecule has 4 amide bonds. The molecule has 160 valence electrons. The molecule has 0 saturated carbocycles.